The van der Waals surface area contributed by atoms with Crippen molar-refractivity contribution < 1.29 is 8.42 Å². The van der Waals surface area contributed by atoms with Gasteiger partial charge < -0.3 is 5.32 Å². The standard InChI is InChI=1S/C13H16N4O2S/c1-9-11-7-15-6-10(11)8-17(9)20(18,19)13-3-2-4-16-12(13)5-14/h2-4,9-11,15H,6-8H2,1H3. The molecule has 0 saturated carbocycles. The number of aromatic nitrogens is 1. The molecule has 3 atom stereocenters. The van der Waals surface area contributed by atoms with Crippen molar-refractivity contribution in [1.29, 1.82) is 5.26 Å². The molecule has 1 aromatic heterocycles. The summed E-state index contributed by atoms with van der Waals surface area (Å²) in [6, 6.07) is 4.82. The molecule has 0 bridgehead atoms. The molecule has 7 heteroatoms. The number of nitrogens with zero attached hydrogens (tertiary/aromatic N) is 3. The lowest BCUT2D eigenvalue weighted by Crippen LogP contribution is -2.38. The molecule has 3 heterocycles. The van der Waals surface area contributed by atoms with Crippen LogP contribution in [0.5, 0.6) is 0 Å². The third kappa shape index (κ3) is 1.92. The van der Waals surface area contributed by atoms with E-state index in [4.69, 9.17) is 5.26 Å². The largest absolute Gasteiger partial charge is 0.316 e. The van der Waals surface area contributed by atoms with Gasteiger partial charge in [-0.2, -0.15) is 9.57 Å². The Morgan fingerprint density at radius 2 is 2.30 bits per heavy atom. The molecule has 0 spiro atoms. The van der Waals surface area contributed by atoms with Gasteiger partial charge in [0.05, 0.1) is 0 Å². The quantitative estimate of drug-likeness (QED) is 0.840. The third-order valence-corrected chi connectivity index (χ3v) is 6.33. The predicted octanol–water partition coefficient (Wildman–Crippen LogP) is 0.182. The van der Waals surface area contributed by atoms with E-state index in [9.17, 15) is 8.42 Å². The Morgan fingerprint density at radius 3 is 3.00 bits per heavy atom. The van der Waals surface area contributed by atoms with Crippen molar-refractivity contribution in [3.05, 3.63) is 24.0 Å². The van der Waals surface area contributed by atoms with Crippen LogP contribution in [0.25, 0.3) is 0 Å². The zero-order chi connectivity index (χ0) is 14.3. The summed E-state index contributed by atoms with van der Waals surface area (Å²) in [5.41, 5.74) is -0.0325. The smallest absolute Gasteiger partial charge is 0.246 e. The molecule has 3 unspecified atom stereocenters. The Morgan fingerprint density at radius 1 is 1.50 bits per heavy atom. The number of nitriles is 1. The first-order valence-electron chi connectivity index (χ1n) is 6.63. The second-order valence-electron chi connectivity index (χ2n) is 5.36. The van der Waals surface area contributed by atoms with Crippen LogP contribution in [0, 0.1) is 23.2 Å². The highest BCUT2D eigenvalue weighted by Gasteiger charge is 2.47. The highest BCUT2D eigenvalue weighted by molar-refractivity contribution is 7.89. The van der Waals surface area contributed by atoms with E-state index in [2.05, 4.69) is 10.3 Å². The Bertz CT molecular complexity index is 667. The number of rotatable bonds is 2. The molecular weight excluding hydrogens is 276 g/mol. The van der Waals surface area contributed by atoms with E-state index in [1.807, 2.05) is 13.0 Å². The summed E-state index contributed by atoms with van der Waals surface area (Å²) < 4.78 is 27.1. The van der Waals surface area contributed by atoms with Crippen molar-refractivity contribution in [2.24, 2.45) is 11.8 Å². The van der Waals surface area contributed by atoms with Crippen LogP contribution in [-0.4, -0.2) is 43.4 Å². The Balaban J connectivity index is 1.99. The Hall–Kier alpha value is -1.49. The first kappa shape index (κ1) is 13.5. The number of pyridine rings is 1. The van der Waals surface area contributed by atoms with Gasteiger partial charge in [0.15, 0.2) is 5.69 Å². The lowest BCUT2D eigenvalue weighted by atomic mass is 9.95. The molecule has 1 aromatic rings. The molecule has 2 fully saturated rings. The Labute approximate surface area is 118 Å². The molecule has 106 valence electrons. The maximum atomic E-state index is 12.8. The van der Waals surface area contributed by atoms with Gasteiger partial charge in [-0.3, -0.25) is 0 Å². The van der Waals surface area contributed by atoms with Crippen molar-refractivity contribution >= 4 is 10.0 Å². The third-order valence-electron chi connectivity index (χ3n) is 4.34. The van der Waals surface area contributed by atoms with Gasteiger partial charge in [-0.05, 0) is 44.0 Å². The van der Waals surface area contributed by atoms with Crippen LogP contribution in [0.1, 0.15) is 12.6 Å². The molecule has 3 rings (SSSR count). The van der Waals surface area contributed by atoms with Gasteiger partial charge in [-0.25, -0.2) is 13.4 Å². The fraction of sp³-hybridized carbons (Fsp3) is 0.538. The zero-order valence-electron chi connectivity index (χ0n) is 11.2. The molecule has 0 radical (unpaired) electrons. The van der Waals surface area contributed by atoms with Crippen molar-refractivity contribution in [3.63, 3.8) is 0 Å². The van der Waals surface area contributed by atoms with Crippen LogP contribution in [0.15, 0.2) is 23.2 Å². The maximum Gasteiger partial charge on any atom is 0.246 e. The van der Waals surface area contributed by atoms with Gasteiger partial charge >= 0.3 is 0 Å². The molecule has 0 aliphatic carbocycles. The van der Waals surface area contributed by atoms with Crippen molar-refractivity contribution in [1.82, 2.24) is 14.6 Å². The van der Waals surface area contributed by atoms with Crippen LogP contribution < -0.4 is 5.32 Å². The molecule has 2 aliphatic rings. The average Bonchev–Trinajstić information content (AvgIpc) is 3.02. The van der Waals surface area contributed by atoms with Crippen molar-refractivity contribution in [2.45, 2.75) is 17.9 Å². The monoisotopic (exact) mass is 292 g/mol. The van der Waals surface area contributed by atoms with Gasteiger partial charge in [-0.15, -0.1) is 0 Å². The van der Waals surface area contributed by atoms with Gasteiger partial charge in [-0.1, -0.05) is 0 Å². The fourth-order valence-corrected chi connectivity index (χ4v) is 5.08. The molecule has 0 aromatic carbocycles. The number of hydrogen-bond acceptors (Lipinski definition) is 5. The number of nitrogens with one attached hydrogen (secondary N) is 1. The highest BCUT2D eigenvalue weighted by Crippen LogP contribution is 2.36. The van der Waals surface area contributed by atoms with Crippen LogP contribution >= 0.6 is 0 Å². The molecule has 1 N–H and O–H groups in total. The fourth-order valence-electron chi connectivity index (χ4n) is 3.25. The second-order valence-corrected chi connectivity index (χ2v) is 7.22. The molecule has 0 amide bonds. The normalized spacial score (nSPS) is 30.1. The first-order chi connectivity index (χ1) is 9.55. The summed E-state index contributed by atoms with van der Waals surface area (Å²) in [6.07, 6.45) is 1.43. The predicted molar refractivity (Wildman–Crippen MR) is 72.2 cm³/mol. The topological polar surface area (TPSA) is 86.1 Å². The van der Waals surface area contributed by atoms with Gasteiger partial charge in [0.1, 0.15) is 11.0 Å². The van der Waals surface area contributed by atoms with Gasteiger partial charge in [0.2, 0.25) is 10.0 Å². The van der Waals surface area contributed by atoms with E-state index in [0.717, 1.165) is 13.1 Å². The SMILES string of the molecule is CC1C2CNCC2CN1S(=O)(=O)c1cccnc1C#N. The second kappa shape index (κ2) is 4.81. The van der Waals surface area contributed by atoms with E-state index in [-0.39, 0.29) is 16.6 Å². The summed E-state index contributed by atoms with van der Waals surface area (Å²) >= 11 is 0. The maximum absolute atomic E-state index is 12.8. The van der Waals surface area contributed by atoms with E-state index < -0.39 is 10.0 Å². The Kier molecular flexibility index (Phi) is 3.24. The molecule has 2 aliphatic heterocycles. The lowest BCUT2D eigenvalue weighted by Gasteiger charge is -2.24. The van der Waals surface area contributed by atoms with Crippen molar-refractivity contribution in [2.75, 3.05) is 19.6 Å². The summed E-state index contributed by atoms with van der Waals surface area (Å²) in [4.78, 5) is 3.87. The molecule has 2 saturated heterocycles. The molecule has 6 nitrogen and oxygen atoms in total. The first-order valence-corrected chi connectivity index (χ1v) is 8.07. The molecular formula is C13H16N4O2S. The number of hydrogen-bond donors (Lipinski definition) is 1. The van der Waals surface area contributed by atoms with Crippen LogP contribution in [-0.2, 0) is 10.0 Å². The van der Waals surface area contributed by atoms with Crippen LogP contribution in [0.3, 0.4) is 0 Å². The van der Waals surface area contributed by atoms with Gasteiger partial charge in [0, 0.05) is 18.8 Å². The minimum atomic E-state index is -3.65. The van der Waals surface area contributed by atoms with Crippen LogP contribution in [0.4, 0.5) is 0 Å². The van der Waals surface area contributed by atoms with Gasteiger partial charge in [0.25, 0.3) is 0 Å². The highest BCUT2D eigenvalue weighted by atomic mass is 32.2. The van der Waals surface area contributed by atoms with E-state index in [1.165, 1.54) is 16.6 Å². The van der Waals surface area contributed by atoms with E-state index in [1.54, 1.807) is 6.07 Å². The summed E-state index contributed by atoms with van der Waals surface area (Å²) in [6.45, 7) is 4.17. The number of fused-ring (bicyclic) bond motifs is 1. The summed E-state index contributed by atoms with van der Waals surface area (Å²) in [7, 11) is -3.65. The van der Waals surface area contributed by atoms with Crippen LogP contribution in [0.2, 0.25) is 0 Å². The lowest BCUT2D eigenvalue weighted by molar-refractivity contribution is 0.360. The molecule has 20 heavy (non-hydrogen) atoms. The van der Waals surface area contributed by atoms with E-state index >= 15 is 0 Å². The minimum Gasteiger partial charge on any atom is -0.316 e. The van der Waals surface area contributed by atoms with E-state index in [0.29, 0.717) is 18.4 Å². The number of sulfonamides is 1. The zero-order valence-corrected chi connectivity index (χ0v) is 12.0. The summed E-state index contributed by atoms with van der Waals surface area (Å²) in [5, 5.41) is 12.3. The minimum absolute atomic E-state index is 0.0160. The summed E-state index contributed by atoms with van der Waals surface area (Å²) in [5.74, 6) is 0.717. The van der Waals surface area contributed by atoms with Crippen molar-refractivity contribution in [3.8, 4) is 6.07 Å². The average molecular weight is 292 g/mol.